The number of hydrogen-bond acceptors (Lipinski definition) is 6. The zero-order chi connectivity index (χ0) is 34.0. The molecule has 46 heavy (non-hydrogen) atoms. The fourth-order valence-corrected chi connectivity index (χ4v) is 4.70. The number of carbonyl (C=O) groups excluding carboxylic acids is 2. The molecule has 0 amide bonds. The maximum atomic E-state index is 12.3. The molecule has 0 saturated carbocycles. The smallest absolute Gasteiger partial charge is 0.462 e. The number of phosphoric ester groups is 1. The molecular weight excluding hydrogens is 603 g/mol. The quantitative estimate of drug-likeness (QED) is 0.0325. The van der Waals surface area contributed by atoms with Gasteiger partial charge in [-0.05, 0) is 70.6 Å². The molecule has 0 aliphatic carbocycles. The minimum atomic E-state index is -4.76. The summed E-state index contributed by atoms with van der Waals surface area (Å²) in [6.07, 6.45) is 39.4. The van der Waals surface area contributed by atoms with Crippen LogP contribution in [0.25, 0.3) is 0 Å². The molecule has 0 fully saturated rings. The molecule has 0 heterocycles. The average molecular weight is 667 g/mol. The van der Waals surface area contributed by atoms with Crippen molar-refractivity contribution in [1.29, 1.82) is 0 Å². The highest BCUT2D eigenvalue weighted by atomic mass is 31.2. The lowest BCUT2D eigenvalue weighted by atomic mass is 10.1. The molecule has 0 aliphatic heterocycles. The first-order valence-electron chi connectivity index (χ1n) is 17.6. The lowest BCUT2D eigenvalue weighted by Gasteiger charge is -2.18. The summed E-state index contributed by atoms with van der Waals surface area (Å²) >= 11 is 0. The molecule has 0 aromatic rings. The van der Waals surface area contributed by atoms with Crippen molar-refractivity contribution in [3.63, 3.8) is 0 Å². The largest absolute Gasteiger partial charge is 0.469 e. The molecule has 0 aromatic carbocycles. The van der Waals surface area contributed by atoms with Crippen LogP contribution in [-0.4, -0.2) is 41.0 Å². The highest BCUT2D eigenvalue weighted by molar-refractivity contribution is 7.46. The van der Waals surface area contributed by atoms with E-state index in [-0.39, 0.29) is 19.4 Å². The molecule has 0 aliphatic rings. The fourth-order valence-electron chi connectivity index (χ4n) is 4.34. The third-order valence-electron chi connectivity index (χ3n) is 6.99. The first-order chi connectivity index (χ1) is 22.3. The number of phosphoric acid groups is 1. The van der Waals surface area contributed by atoms with E-state index in [1.165, 1.54) is 19.3 Å². The summed E-state index contributed by atoms with van der Waals surface area (Å²) in [7, 11) is -4.76. The number of ether oxygens (including phenoxy) is 2. The molecule has 264 valence electrons. The third kappa shape index (κ3) is 34.6. The molecule has 1 atom stereocenters. The van der Waals surface area contributed by atoms with Gasteiger partial charge in [-0.1, -0.05) is 120 Å². The van der Waals surface area contributed by atoms with Gasteiger partial charge in [0.25, 0.3) is 0 Å². The maximum Gasteiger partial charge on any atom is 0.469 e. The summed E-state index contributed by atoms with van der Waals surface area (Å²) in [6, 6.07) is 0. The van der Waals surface area contributed by atoms with E-state index in [2.05, 4.69) is 79.1 Å². The van der Waals surface area contributed by atoms with Crippen molar-refractivity contribution in [2.24, 2.45) is 0 Å². The molecule has 0 radical (unpaired) electrons. The summed E-state index contributed by atoms with van der Waals surface area (Å²) in [4.78, 5) is 42.6. The predicted octanol–water partition coefficient (Wildman–Crippen LogP) is 10.2. The second-order valence-corrected chi connectivity index (χ2v) is 12.7. The molecule has 8 nitrogen and oxygen atoms in total. The molecule has 0 bridgehead atoms. The lowest BCUT2D eigenvalue weighted by molar-refractivity contribution is -0.161. The Balaban J connectivity index is 4.10. The van der Waals surface area contributed by atoms with Gasteiger partial charge < -0.3 is 19.3 Å². The standard InChI is InChI=1S/C37H63O8P/c1-3-5-7-9-11-13-15-16-17-18-19-20-22-24-26-28-30-32-37(39)45-35(34-44-46(40,41)42)33-43-36(38)31-29-27-25-23-21-14-12-10-8-6-4-2/h7,9-10,12-13,15,17-18,20,22,35H,3-6,8,11,14,16,19,21,23-34H2,1-2H3,(H2,40,41,42)/b9-7+,12-10+,15-13+,18-17+,22-20+/t35-/m1/s1. The second-order valence-electron chi connectivity index (χ2n) is 11.5. The van der Waals surface area contributed by atoms with Gasteiger partial charge in [-0.15, -0.1) is 0 Å². The number of allylic oxidation sites excluding steroid dienone is 10. The molecule has 0 unspecified atom stereocenters. The van der Waals surface area contributed by atoms with E-state index in [1.807, 2.05) is 0 Å². The molecular formula is C37H63O8P. The van der Waals surface area contributed by atoms with Gasteiger partial charge in [0.2, 0.25) is 0 Å². The Morgan fingerprint density at radius 2 is 1.02 bits per heavy atom. The fraction of sp³-hybridized carbons (Fsp3) is 0.676. The first kappa shape index (κ1) is 43.8. The number of hydrogen-bond donors (Lipinski definition) is 2. The maximum absolute atomic E-state index is 12.3. The average Bonchev–Trinajstić information content (AvgIpc) is 3.02. The van der Waals surface area contributed by atoms with Gasteiger partial charge in [0.05, 0.1) is 6.61 Å². The molecule has 9 heteroatoms. The minimum absolute atomic E-state index is 0.170. The Kier molecular flexibility index (Phi) is 31.1. The van der Waals surface area contributed by atoms with Gasteiger partial charge in [-0.3, -0.25) is 14.1 Å². The summed E-state index contributed by atoms with van der Waals surface area (Å²) in [5.41, 5.74) is 0. The van der Waals surface area contributed by atoms with E-state index in [0.717, 1.165) is 83.5 Å². The molecule has 0 aromatic heterocycles. The van der Waals surface area contributed by atoms with Crippen LogP contribution in [0.1, 0.15) is 142 Å². The van der Waals surface area contributed by atoms with Crippen molar-refractivity contribution in [2.45, 2.75) is 148 Å². The second kappa shape index (κ2) is 32.7. The van der Waals surface area contributed by atoms with Crippen LogP contribution >= 0.6 is 7.82 Å². The summed E-state index contributed by atoms with van der Waals surface area (Å²) < 4.78 is 26.2. The molecule has 0 spiro atoms. The first-order valence-corrected chi connectivity index (χ1v) is 19.1. The number of rotatable bonds is 31. The third-order valence-corrected chi connectivity index (χ3v) is 7.48. The van der Waals surface area contributed by atoms with Crippen LogP contribution in [0.2, 0.25) is 0 Å². The highest BCUT2D eigenvalue weighted by Gasteiger charge is 2.22. The summed E-state index contributed by atoms with van der Waals surface area (Å²) in [6.45, 7) is 3.51. The summed E-state index contributed by atoms with van der Waals surface area (Å²) in [5, 5.41) is 0. The van der Waals surface area contributed by atoms with E-state index in [1.54, 1.807) is 0 Å². The zero-order valence-electron chi connectivity index (χ0n) is 28.7. The van der Waals surface area contributed by atoms with Crippen molar-refractivity contribution in [2.75, 3.05) is 13.2 Å². The Morgan fingerprint density at radius 1 is 0.565 bits per heavy atom. The number of esters is 2. The number of unbranched alkanes of at least 4 members (excludes halogenated alkanes) is 11. The summed E-state index contributed by atoms with van der Waals surface area (Å²) in [5.74, 6) is -0.940. The zero-order valence-corrected chi connectivity index (χ0v) is 29.6. The highest BCUT2D eigenvalue weighted by Crippen LogP contribution is 2.35. The van der Waals surface area contributed by atoms with Gasteiger partial charge in [0.1, 0.15) is 6.61 Å². The van der Waals surface area contributed by atoms with Crippen LogP contribution in [0.15, 0.2) is 60.8 Å². The van der Waals surface area contributed by atoms with Crippen LogP contribution in [0, 0.1) is 0 Å². The molecule has 2 N–H and O–H groups in total. The van der Waals surface area contributed by atoms with Gasteiger partial charge >= 0.3 is 19.8 Å². The van der Waals surface area contributed by atoms with Gasteiger partial charge in [0.15, 0.2) is 6.10 Å². The Hall–Kier alpha value is -2.25. The van der Waals surface area contributed by atoms with Crippen molar-refractivity contribution < 1.29 is 37.9 Å². The van der Waals surface area contributed by atoms with E-state index in [4.69, 9.17) is 19.3 Å². The van der Waals surface area contributed by atoms with E-state index in [9.17, 15) is 14.2 Å². The molecule has 0 rings (SSSR count). The van der Waals surface area contributed by atoms with Gasteiger partial charge in [-0.25, -0.2) is 4.57 Å². The van der Waals surface area contributed by atoms with E-state index in [0.29, 0.717) is 12.8 Å². The van der Waals surface area contributed by atoms with Crippen LogP contribution in [0.4, 0.5) is 0 Å². The Labute approximate surface area is 279 Å². The number of carbonyl (C=O) groups is 2. The Bertz CT molecular complexity index is 932. The van der Waals surface area contributed by atoms with Crippen LogP contribution in [0.5, 0.6) is 0 Å². The van der Waals surface area contributed by atoms with Crippen molar-refractivity contribution in [1.82, 2.24) is 0 Å². The van der Waals surface area contributed by atoms with Crippen molar-refractivity contribution >= 4 is 19.8 Å². The van der Waals surface area contributed by atoms with Crippen LogP contribution < -0.4 is 0 Å². The minimum Gasteiger partial charge on any atom is -0.462 e. The normalized spacial score (nSPS) is 13.2. The molecule has 0 saturated heterocycles. The van der Waals surface area contributed by atoms with E-state index >= 15 is 0 Å². The van der Waals surface area contributed by atoms with E-state index < -0.39 is 32.5 Å². The van der Waals surface area contributed by atoms with Gasteiger partial charge in [-0.2, -0.15) is 0 Å². The van der Waals surface area contributed by atoms with Crippen LogP contribution in [-0.2, 0) is 28.2 Å². The van der Waals surface area contributed by atoms with Crippen molar-refractivity contribution in [3.05, 3.63) is 60.8 Å². The predicted molar refractivity (Wildman–Crippen MR) is 188 cm³/mol. The van der Waals surface area contributed by atoms with Crippen molar-refractivity contribution in [3.8, 4) is 0 Å². The monoisotopic (exact) mass is 666 g/mol. The van der Waals surface area contributed by atoms with Gasteiger partial charge in [0, 0.05) is 12.8 Å². The SMILES string of the molecule is CCC/C=C/C/C=C/C/C=C/C/C=C/CCCCCC(=O)O[C@H](COC(=O)CCCCCCC/C=C/CCCC)COP(=O)(O)O. The lowest BCUT2D eigenvalue weighted by Crippen LogP contribution is -2.29. The Morgan fingerprint density at radius 3 is 1.59 bits per heavy atom. The van der Waals surface area contributed by atoms with Crippen LogP contribution in [0.3, 0.4) is 0 Å². The topological polar surface area (TPSA) is 119 Å².